The van der Waals surface area contributed by atoms with E-state index < -0.39 is 0 Å². The van der Waals surface area contributed by atoms with Crippen LogP contribution < -0.4 is 5.32 Å². The van der Waals surface area contributed by atoms with Gasteiger partial charge in [0.15, 0.2) is 0 Å². The van der Waals surface area contributed by atoms with Crippen LogP contribution in [0.5, 0.6) is 0 Å². The number of piperidine rings is 1. The molecule has 6 heteroatoms. The first-order valence-corrected chi connectivity index (χ1v) is 9.71. The van der Waals surface area contributed by atoms with Crippen LogP contribution in [0.2, 0.25) is 0 Å². The highest BCUT2D eigenvalue weighted by atomic mass is 16.2. The third-order valence-corrected chi connectivity index (χ3v) is 5.45. The first kappa shape index (κ1) is 19.4. The Kier molecular flexibility index (Phi) is 5.53. The van der Waals surface area contributed by atoms with Gasteiger partial charge in [-0.05, 0) is 45.7 Å². The predicted octanol–water partition coefficient (Wildman–Crippen LogP) is 2.05. The Labute approximate surface area is 160 Å². The van der Waals surface area contributed by atoms with Crippen LogP contribution in [0.3, 0.4) is 0 Å². The summed E-state index contributed by atoms with van der Waals surface area (Å²) in [5.74, 6) is -0.225. The molecular weight excluding hydrogens is 342 g/mol. The van der Waals surface area contributed by atoms with Crippen molar-refractivity contribution in [2.45, 2.75) is 51.6 Å². The normalized spacial score (nSPS) is 21.4. The summed E-state index contributed by atoms with van der Waals surface area (Å²) >= 11 is 0. The molecule has 0 saturated carbocycles. The minimum atomic E-state index is -0.277. The van der Waals surface area contributed by atoms with E-state index in [2.05, 4.69) is 5.32 Å². The Hall–Kier alpha value is -2.37. The summed E-state index contributed by atoms with van der Waals surface area (Å²) in [6.45, 7) is 7.73. The molecule has 2 heterocycles. The van der Waals surface area contributed by atoms with Crippen LogP contribution in [0.15, 0.2) is 30.3 Å². The van der Waals surface area contributed by atoms with Gasteiger partial charge in [-0.3, -0.25) is 14.4 Å². The molecule has 2 aliphatic rings. The molecule has 3 rings (SSSR count). The first-order chi connectivity index (χ1) is 12.8. The molecular formula is C21H29N3O3. The van der Waals surface area contributed by atoms with Gasteiger partial charge in [0.2, 0.25) is 11.8 Å². The average Bonchev–Trinajstić information content (AvgIpc) is 3.05. The van der Waals surface area contributed by atoms with Crippen molar-refractivity contribution >= 4 is 17.7 Å². The van der Waals surface area contributed by atoms with Crippen molar-refractivity contribution in [3.63, 3.8) is 0 Å². The maximum Gasteiger partial charge on any atom is 0.253 e. The monoisotopic (exact) mass is 371 g/mol. The van der Waals surface area contributed by atoms with E-state index in [1.165, 1.54) is 0 Å². The Bertz CT molecular complexity index is 703. The van der Waals surface area contributed by atoms with E-state index in [0.717, 1.165) is 12.8 Å². The van der Waals surface area contributed by atoms with Crippen molar-refractivity contribution < 1.29 is 14.4 Å². The van der Waals surface area contributed by atoms with Crippen molar-refractivity contribution in [2.75, 3.05) is 19.6 Å². The van der Waals surface area contributed by atoms with Gasteiger partial charge in [0.1, 0.15) is 0 Å². The average molecular weight is 371 g/mol. The number of hydrogen-bond acceptors (Lipinski definition) is 3. The third-order valence-electron chi connectivity index (χ3n) is 5.45. The molecule has 0 aromatic heterocycles. The summed E-state index contributed by atoms with van der Waals surface area (Å²) in [6.07, 6.45) is 1.77. The summed E-state index contributed by atoms with van der Waals surface area (Å²) in [5.41, 5.74) is 0.446. The van der Waals surface area contributed by atoms with E-state index in [1.54, 1.807) is 4.90 Å². The van der Waals surface area contributed by atoms with Gasteiger partial charge in [0.25, 0.3) is 5.91 Å². The van der Waals surface area contributed by atoms with Crippen molar-refractivity contribution in [3.05, 3.63) is 35.9 Å². The van der Waals surface area contributed by atoms with Crippen molar-refractivity contribution in [2.24, 2.45) is 5.92 Å². The molecule has 2 saturated heterocycles. The van der Waals surface area contributed by atoms with Crippen LogP contribution in [0, 0.1) is 5.92 Å². The van der Waals surface area contributed by atoms with Gasteiger partial charge < -0.3 is 15.1 Å². The molecule has 1 aromatic carbocycles. The van der Waals surface area contributed by atoms with Crippen LogP contribution in [0.4, 0.5) is 0 Å². The molecule has 3 amide bonds. The van der Waals surface area contributed by atoms with Crippen molar-refractivity contribution in [3.8, 4) is 0 Å². The number of likely N-dealkylation sites (tertiary alicyclic amines) is 2. The maximum atomic E-state index is 12.6. The second-order valence-electron chi connectivity index (χ2n) is 8.52. The fourth-order valence-electron chi connectivity index (χ4n) is 3.84. The Balaban J connectivity index is 1.49. The quantitative estimate of drug-likeness (QED) is 0.884. The molecule has 0 spiro atoms. The van der Waals surface area contributed by atoms with E-state index in [-0.39, 0.29) is 41.6 Å². The fourth-order valence-corrected chi connectivity index (χ4v) is 3.84. The van der Waals surface area contributed by atoms with E-state index in [4.69, 9.17) is 0 Å². The molecule has 0 aliphatic carbocycles. The molecule has 6 nitrogen and oxygen atoms in total. The number of nitrogens with one attached hydrogen (secondary N) is 1. The largest absolute Gasteiger partial charge is 0.353 e. The SMILES string of the molecule is CC(C)(C)N1CC(C(=O)NC2CCN(C(=O)c3ccccc3)CC2)CC1=O. The number of amides is 3. The minimum Gasteiger partial charge on any atom is -0.353 e. The van der Waals surface area contributed by atoms with Gasteiger partial charge in [0.05, 0.1) is 5.92 Å². The van der Waals surface area contributed by atoms with Gasteiger partial charge in [-0.1, -0.05) is 18.2 Å². The third kappa shape index (κ3) is 4.49. The smallest absolute Gasteiger partial charge is 0.253 e. The summed E-state index contributed by atoms with van der Waals surface area (Å²) in [6, 6.07) is 9.35. The Morgan fingerprint density at radius 2 is 1.70 bits per heavy atom. The lowest BCUT2D eigenvalue weighted by atomic mass is 10.0. The minimum absolute atomic E-state index is 0.0389. The van der Waals surface area contributed by atoms with Gasteiger partial charge >= 0.3 is 0 Å². The molecule has 1 unspecified atom stereocenters. The number of carbonyl (C=O) groups is 3. The fraction of sp³-hybridized carbons (Fsp3) is 0.571. The zero-order valence-electron chi connectivity index (χ0n) is 16.4. The lowest BCUT2D eigenvalue weighted by molar-refractivity contribution is -0.132. The van der Waals surface area contributed by atoms with E-state index in [1.807, 2.05) is 56.0 Å². The highest BCUT2D eigenvalue weighted by Crippen LogP contribution is 2.26. The molecule has 1 atom stereocenters. The summed E-state index contributed by atoms with van der Waals surface area (Å²) in [4.78, 5) is 40.9. The summed E-state index contributed by atoms with van der Waals surface area (Å²) < 4.78 is 0. The molecule has 2 fully saturated rings. The lowest BCUT2D eigenvalue weighted by Gasteiger charge is -2.33. The van der Waals surface area contributed by atoms with Gasteiger partial charge in [0, 0.05) is 43.2 Å². The topological polar surface area (TPSA) is 69.7 Å². The van der Waals surface area contributed by atoms with Crippen LogP contribution in [-0.4, -0.2) is 58.7 Å². The number of benzene rings is 1. The molecule has 1 N–H and O–H groups in total. The van der Waals surface area contributed by atoms with Crippen LogP contribution >= 0.6 is 0 Å². The highest BCUT2D eigenvalue weighted by Gasteiger charge is 2.40. The Morgan fingerprint density at radius 1 is 1.07 bits per heavy atom. The molecule has 146 valence electrons. The second-order valence-corrected chi connectivity index (χ2v) is 8.52. The summed E-state index contributed by atoms with van der Waals surface area (Å²) in [7, 11) is 0. The number of nitrogens with zero attached hydrogens (tertiary/aromatic N) is 2. The highest BCUT2D eigenvalue weighted by molar-refractivity contribution is 5.94. The van der Waals surface area contributed by atoms with E-state index >= 15 is 0 Å². The van der Waals surface area contributed by atoms with Gasteiger partial charge in [-0.2, -0.15) is 0 Å². The molecule has 2 aliphatic heterocycles. The van der Waals surface area contributed by atoms with E-state index in [9.17, 15) is 14.4 Å². The number of carbonyl (C=O) groups excluding carboxylic acids is 3. The summed E-state index contributed by atoms with van der Waals surface area (Å²) in [5, 5.41) is 3.10. The number of rotatable bonds is 3. The zero-order valence-corrected chi connectivity index (χ0v) is 16.4. The molecule has 0 bridgehead atoms. The number of hydrogen-bond donors (Lipinski definition) is 1. The second kappa shape index (κ2) is 7.71. The van der Waals surface area contributed by atoms with Crippen LogP contribution in [0.1, 0.15) is 50.4 Å². The van der Waals surface area contributed by atoms with Gasteiger partial charge in [-0.15, -0.1) is 0 Å². The van der Waals surface area contributed by atoms with E-state index in [0.29, 0.717) is 25.2 Å². The Morgan fingerprint density at radius 3 is 2.26 bits per heavy atom. The van der Waals surface area contributed by atoms with Crippen LogP contribution in [-0.2, 0) is 9.59 Å². The van der Waals surface area contributed by atoms with Crippen LogP contribution in [0.25, 0.3) is 0 Å². The standard InChI is InChI=1S/C21H29N3O3/c1-21(2,3)24-14-16(13-18(24)25)19(26)22-17-9-11-23(12-10-17)20(27)15-7-5-4-6-8-15/h4-8,16-17H,9-14H2,1-3H3,(H,22,26). The molecule has 1 aromatic rings. The predicted molar refractivity (Wildman–Crippen MR) is 103 cm³/mol. The first-order valence-electron chi connectivity index (χ1n) is 9.71. The molecule has 0 radical (unpaired) electrons. The van der Waals surface area contributed by atoms with Crippen molar-refractivity contribution in [1.82, 2.24) is 15.1 Å². The van der Waals surface area contributed by atoms with Crippen molar-refractivity contribution in [1.29, 1.82) is 0 Å². The van der Waals surface area contributed by atoms with Gasteiger partial charge in [-0.25, -0.2) is 0 Å². The molecule has 27 heavy (non-hydrogen) atoms. The lowest BCUT2D eigenvalue weighted by Crippen LogP contribution is -2.48. The maximum absolute atomic E-state index is 12.6. The zero-order chi connectivity index (χ0) is 19.6.